The average Bonchev–Trinajstić information content (AvgIpc) is 3.43. The first kappa shape index (κ1) is 22.3. The second-order valence-electron chi connectivity index (χ2n) is 8.11. The van der Waals surface area contributed by atoms with E-state index in [-0.39, 0.29) is 24.2 Å². The number of aromatic nitrogens is 2. The molecule has 0 saturated carbocycles. The highest BCUT2D eigenvalue weighted by Gasteiger charge is 2.26. The topological polar surface area (TPSA) is 60.5 Å². The van der Waals surface area contributed by atoms with Crippen LogP contribution >= 0.6 is 0 Å². The van der Waals surface area contributed by atoms with Gasteiger partial charge in [0.2, 0.25) is 11.8 Å². The summed E-state index contributed by atoms with van der Waals surface area (Å²) in [6, 6.07) is 19.2. The normalized spacial score (nSPS) is 11.1. The van der Waals surface area contributed by atoms with E-state index in [4.69, 9.17) is 14.3 Å². The number of aryl methyl sites for hydroxylation is 1. The van der Waals surface area contributed by atoms with Crippen LogP contribution in [0.5, 0.6) is 11.6 Å². The quantitative estimate of drug-likeness (QED) is 0.343. The second kappa shape index (κ2) is 9.73. The number of ether oxygens (including phenoxy) is 1. The number of hydrogen-bond donors (Lipinski definition) is 0. The number of hydrogen-bond acceptors (Lipinski definition) is 4. The number of nitrogens with zero attached hydrogens (tertiary/aromatic N) is 3. The summed E-state index contributed by atoms with van der Waals surface area (Å²) in [5.74, 6) is 1.11. The maximum Gasteiger partial charge on any atom is 0.225 e. The van der Waals surface area contributed by atoms with E-state index in [2.05, 4.69) is 0 Å². The van der Waals surface area contributed by atoms with Gasteiger partial charge in [-0.1, -0.05) is 44.2 Å². The number of amides is 1. The first-order valence-electron chi connectivity index (χ1n) is 10.8. The van der Waals surface area contributed by atoms with Crippen LogP contribution in [0.1, 0.15) is 25.2 Å². The minimum atomic E-state index is -0.343. The van der Waals surface area contributed by atoms with Crippen molar-refractivity contribution in [2.45, 2.75) is 26.9 Å². The molecule has 0 fully saturated rings. The summed E-state index contributed by atoms with van der Waals surface area (Å²) in [7, 11) is 1.79. The van der Waals surface area contributed by atoms with E-state index in [0.29, 0.717) is 23.9 Å². The zero-order chi connectivity index (χ0) is 23.4. The Bertz CT molecular complexity index is 1200. The first-order valence-corrected chi connectivity index (χ1v) is 10.8. The molecular formula is C26H26FN3O3. The maximum atomic E-state index is 13.4. The highest BCUT2D eigenvalue weighted by Crippen LogP contribution is 2.34. The van der Waals surface area contributed by atoms with Crippen molar-refractivity contribution in [3.63, 3.8) is 0 Å². The summed E-state index contributed by atoms with van der Waals surface area (Å²) in [5, 5.41) is 4.71. The Morgan fingerprint density at radius 3 is 2.42 bits per heavy atom. The molecule has 4 rings (SSSR count). The van der Waals surface area contributed by atoms with Gasteiger partial charge >= 0.3 is 0 Å². The summed E-state index contributed by atoms with van der Waals surface area (Å²) in [5.41, 5.74) is 2.39. The molecule has 0 bridgehead atoms. The molecule has 1 amide bonds. The molecule has 2 aromatic heterocycles. The van der Waals surface area contributed by atoms with Gasteiger partial charge < -0.3 is 14.1 Å². The highest BCUT2D eigenvalue weighted by atomic mass is 19.1. The third kappa shape index (κ3) is 5.14. The number of furan rings is 1. The highest BCUT2D eigenvalue weighted by molar-refractivity contribution is 5.78. The Kier molecular flexibility index (Phi) is 6.58. The molecule has 0 atom stereocenters. The molecule has 7 heteroatoms. The van der Waals surface area contributed by atoms with Gasteiger partial charge in [0.1, 0.15) is 23.0 Å². The molecule has 2 heterocycles. The number of rotatable bonds is 8. The lowest BCUT2D eigenvalue weighted by Gasteiger charge is -2.24. The number of carbonyl (C=O) groups excluding carboxylic acids is 1. The summed E-state index contributed by atoms with van der Waals surface area (Å²) >= 11 is 0. The van der Waals surface area contributed by atoms with Crippen LogP contribution in [0.2, 0.25) is 0 Å². The van der Waals surface area contributed by atoms with Gasteiger partial charge in [-0.15, -0.1) is 0 Å². The molecule has 0 spiro atoms. The van der Waals surface area contributed by atoms with Crippen LogP contribution in [0.3, 0.4) is 0 Å². The van der Waals surface area contributed by atoms with Crippen molar-refractivity contribution in [1.29, 1.82) is 0 Å². The van der Waals surface area contributed by atoms with Crippen molar-refractivity contribution in [3.8, 4) is 22.9 Å². The van der Waals surface area contributed by atoms with Gasteiger partial charge in [0.05, 0.1) is 24.9 Å². The molecule has 0 N–H and O–H groups in total. The number of benzene rings is 2. The predicted molar refractivity (Wildman–Crippen MR) is 123 cm³/mol. The fourth-order valence-electron chi connectivity index (χ4n) is 3.62. The molecule has 170 valence electrons. The fraction of sp³-hybridized carbons (Fsp3) is 0.231. The van der Waals surface area contributed by atoms with Crippen molar-refractivity contribution < 1.29 is 18.3 Å². The smallest absolute Gasteiger partial charge is 0.225 e. The number of halogens is 1. The van der Waals surface area contributed by atoms with Crippen molar-refractivity contribution in [3.05, 3.63) is 90.1 Å². The first-order chi connectivity index (χ1) is 15.9. The lowest BCUT2D eigenvalue weighted by molar-refractivity contribution is -0.136. The Balaban J connectivity index is 1.77. The fourth-order valence-corrected chi connectivity index (χ4v) is 3.62. The molecule has 0 aliphatic rings. The van der Waals surface area contributed by atoms with Gasteiger partial charge in [-0.2, -0.15) is 5.10 Å². The third-order valence-corrected chi connectivity index (χ3v) is 5.24. The van der Waals surface area contributed by atoms with E-state index in [0.717, 1.165) is 16.8 Å². The second-order valence-corrected chi connectivity index (χ2v) is 8.11. The van der Waals surface area contributed by atoms with Gasteiger partial charge in [-0.25, -0.2) is 9.07 Å². The Labute approximate surface area is 192 Å². The summed E-state index contributed by atoms with van der Waals surface area (Å²) < 4.78 is 26.7. The summed E-state index contributed by atoms with van der Waals surface area (Å²) in [6.07, 6.45) is 1.59. The van der Waals surface area contributed by atoms with Crippen LogP contribution in [0.25, 0.3) is 11.3 Å². The monoisotopic (exact) mass is 447 g/mol. The van der Waals surface area contributed by atoms with Gasteiger partial charge in [-0.05, 0) is 36.4 Å². The average molecular weight is 448 g/mol. The van der Waals surface area contributed by atoms with E-state index < -0.39 is 0 Å². The van der Waals surface area contributed by atoms with Gasteiger partial charge in [0.15, 0.2) is 0 Å². The van der Waals surface area contributed by atoms with Crippen LogP contribution in [0.4, 0.5) is 4.39 Å². The van der Waals surface area contributed by atoms with Gasteiger partial charge in [0.25, 0.3) is 0 Å². The number of carbonyl (C=O) groups is 1. The van der Waals surface area contributed by atoms with Crippen LogP contribution in [-0.2, 0) is 24.9 Å². The third-order valence-electron chi connectivity index (χ3n) is 5.24. The van der Waals surface area contributed by atoms with Crippen LogP contribution in [-0.4, -0.2) is 20.6 Å². The molecule has 2 aromatic carbocycles. The van der Waals surface area contributed by atoms with Crippen molar-refractivity contribution in [2.75, 3.05) is 0 Å². The zero-order valence-corrected chi connectivity index (χ0v) is 18.9. The summed E-state index contributed by atoms with van der Waals surface area (Å²) in [4.78, 5) is 14.9. The van der Waals surface area contributed by atoms with E-state index in [1.54, 1.807) is 41.1 Å². The van der Waals surface area contributed by atoms with Crippen LogP contribution in [0, 0.1) is 11.7 Å². The zero-order valence-electron chi connectivity index (χ0n) is 18.9. The van der Waals surface area contributed by atoms with E-state index in [1.165, 1.54) is 12.1 Å². The Morgan fingerprint density at radius 1 is 1.06 bits per heavy atom. The molecule has 33 heavy (non-hydrogen) atoms. The molecular weight excluding hydrogens is 421 g/mol. The molecule has 0 saturated heterocycles. The minimum Gasteiger partial charge on any atom is -0.467 e. The van der Waals surface area contributed by atoms with Crippen LogP contribution in [0.15, 0.2) is 77.4 Å². The molecule has 0 aliphatic heterocycles. The SMILES string of the molecule is CC(C)C(=O)N(Cc1ccco1)Cc1c(-c2ccccc2)nn(C)c1Oc1ccc(F)cc1. The van der Waals surface area contributed by atoms with Crippen molar-refractivity contribution in [2.24, 2.45) is 13.0 Å². The maximum absolute atomic E-state index is 13.4. The molecule has 0 radical (unpaired) electrons. The minimum absolute atomic E-state index is 0.0120. The van der Waals surface area contributed by atoms with Gasteiger partial charge in [-0.3, -0.25) is 4.79 Å². The largest absolute Gasteiger partial charge is 0.467 e. The molecule has 4 aromatic rings. The Morgan fingerprint density at radius 2 is 1.79 bits per heavy atom. The van der Waals surface area contributed by atoms with E-state index >= 15 is 0 Å². The van der Waals surface area contributed by atoms with Gasteiger partial charge in [0, 0.05) is 18.5 Å². The van der Waals surface area contributed by atoms with Crippen LogP contribution < -0.4 is 4.74 Å². The predicted octanol–water partition coefficient (Wildman–Crippen LogP) is 5.80. The lowest BCUT2D eigenvalue weighted by Crippen LogP contribution is -2.33. The molecule has 6 nitrogen and oxygen atoms in total. The molecule has 0 aliphatic carbocycles. The van der Waals surface area contributed by atoms with Crippen molar-refractivity contribution in [1.82, 2.24) is 14.7 Å². The molecule has 0 unspecified atom stereocenters. The Hall–Kier alpha value is -3.87. The summed E-state index contributed by atoms with van der Waals surface area (Å²) in [6.45, 7) is 4.33. The van der Waals surface area contributed by atoms with E-state index in [1.807, 2.05) is 50.2 Å². The lowest BCUT2D eigenvalue weighted by atomic mass is 10.1. The standard InChI is InChI=1S/C26H26FN3O3/c1-18(2)25(31)30(16-22-10-7-15-32-22)17-23-24(19-8-5-4-6-9-19)28-29(3)26(23)33-21-13-11-20(27)12-14-21/h4-15,18H,16-17H2,1-3H3. The van der Waals surface area contributed by atoms with Crippen molar-refractivity contribution >= 4 is 5.91 Å². The van der Waals surface area contributed by atoms with E-state index in [9.17, 15) is 9.18 Å².